The van der Waals surface area contributed by atoms with Gasteiger partial charge >= 0.3 is 0 Å². The number of rotatable bonds is 15. The first-order chi connectivity index (χ1) is 22.1. The lowest BCUT2D eigenvalue weighted by Crippen LogP contribution is -2.39. The Balaban J connectivity index is 1.25. The Kier molecular flexibility index (Phi) is 12.2. The van der Waals surface area contributed by atoms with Crippen molar-refractivity contribution in [2.75, 3.05) is 50.1 Å². The van der Waals surface area contributed by atoms with Crippen molar-refractivity contribution in [2.45, 2.75) is 38.0 Å². The molecule has 47 heavy (non-hydrogen) atoms. The van der Waals surface area contributed by atoms with E-state index in [1.165, 1.54) is 25.3 Å². The minimum Gasteiger partial charge on any atom is -0.506 e. The molecule has 0 bridgehead atoms. The van der Waals surface area contributed by atoms with E-state index >= 15 is 0 Å². The van der Waals surface area contributed by atoms with Gasteiger partial charge in [-0.05, 0) is 36.6 Å². The molecule has 0 aliphatic carbocycles. The summed E-state index contributed by atoms with van der Waals surface area (Å²) in [5.41, 5.74) is 1.40. The van der Waals surface area contributed by atoms with Gasteiger partial charge in [0.1, 0.15) is 11.5 Å². The number of piperidine rings is 1. The van der Waals surface area contributed by atoms with Crippen molar-refractivity contribution in [2.24, 2.45) is 0 Å². The van der Waals surface area contributed by atoms with Gasteiger partial charge in [-0.2, -0.15) is 16.8 Å². The number of aromatic hydroxyl groups is 1. The van der Waals surface area contributed by atoms with E-state index in [1.54, 1.807) is 18.2 Å². The minimum absolute atomic E-state index is 0.103. The number of nitrogens with zero attached hydrogens (tertiary/aromatic N) is 1. The Morgan fingerprint density at radius 3 is 2.53 bits per heavy atom. The first-order valence-electron chi connectivity index (χ1n) is 14.6. The van der Waals surface area contributed by atoms with Crippen molar-refractivity contribution in [3.05, 3.63) is 62.9 Å². The number of fused-ring (bicyclic) bond motifs is 1. The molecule has 2 aromatic carbocycles. The topological polar surface area (TPSA) is 225 Å². The van der Waals surface area contributed by atoms with E-state index in [-0.39, 0.29) is 47.3 Å². The average molecular weight is 717 g/mol. The van der Waals surface area contributed by atoms with Gasteiger partial charge in [0.05, 0.1) is 47.1 Å². The molecule has 2 heterocycles. The van der Waals surface area contributed by atoms with Gasteiger partial charge in [0.25, 0.3) is 20.2 Å². The van der Waals surface area contributed by atoms with Gasteiger partial charge in [0.15, 0.2) is 0 Å². The number of aromatic nitrogens is 1. The molecule has 0 spiro atoms. The monoisotopic (exact) mass is 716 g/mol. The summed E-state index contributed by atoms with van der Waals surface area (Å²) in [6.07, 6.45) is -0.705. The number of phenols is 1. The number of hydrogen-bond acceptors (Lipinski definition) is 12. The fraction of sp³-hybridized carbons (Fsp3) is 0.448. The largest absolute Gasteiger partial charge is 0.506 e. The van der Waals surface area contributed by atoms with Crippen LogP contribution in [0.1, 0.15) is 36.5 Å². The highest BCUT2D eigenvalue weighted by Crippen LogP contribution is 2.32. The zero-order valence-electron chi connectivity index (χ0n) is 25.4. The molecule has 6 N–H and O–H groups in total. The molecule has 0 radical (unpaired) electrons. The summed E-state index contributed by atoms with van der Waals surface area (Å²) in [4.78, 5) is 28.9. The average Bonchev–Trinajstić information content (AvgIpc) is 3.01. The quantitative estimate of drug-likeness (QED) is 0.0975. The maximum absolute atomic E-state index is 12.7. The van der Waals surface area contributed by atoms with Crippen molar-refractivity contribution in [1.82, 2.24) is 15.2 Å². The number of aliphatic hydroxyl groups excluding tert-OH is 1. The van der Waals surface area contributed by atoms with Crippen molar-refractivity contribution in [3.8, 4) is 11.5 Å². The van der Waals surface area contributed by atoms with Crippen LogP contribution in [0.3, 0.4) is 0 Å². The normalized spacial score (nSPS) is 15.5. The molecular formula is C29H37ClN4O11S2. The third-order valence-electron chi connectivity index (χ3n) is 7.63. The summed E-state index contributed by atoms with van der Waals surface area (Å²) in [5.74, 6) is -1.71. The molecule has 3 aromatic rings. The first-order valence-corrected chi connectivity index (χ1v) is 18.2. The molecule has 258 valence electrons. The first kappa shape index (κ1) is 36.5. The van der Waals surface area contributed by atoms with E-state index in [1.807, 2.05) is 4.90 Å². The molecular weight excluding hydrogens is 680 g/mol. The number of carbonyl (C=O) groups excluding carboxylic acids is 1. The summed E-state index contributed by atoms with van der Waals surface area (Å²) in [7, 11) is -7.06. The summed E-state index contributed by atoms with van der Waals surface area (Å²) in [5, 5.41) is 27.6. The molecule has 0 unspecified atom stereocenters. The Morgan fingerprint density at radius 2 is 1.85 bits per heavy atom. The van der Waals surface area contributed by atoms with E-state index in [4.69, 9.17) is 25.1 Å². The van der Waals surface area contributed by atoms with Crippen LogP contribution in [-0.2, 0) is 35.8 Å². The Morgan fingerprint density at radius 1 is 1.13 bits per heavy atom. The Hall–Kier alpha value is -3.29. The summed E-state index contributed by atoms with van der Waals surface area (Å²) < 4.78 is 65.0. The van der Waals surface area contributed by atoms with Crippen molar-refractivity contribution >= 4 is 54.3 Å². The number of nitrogens with one attached hydrogen (secondary N) is 3. The number of benzene rings is 2. The van der Waals surface area contributed by atoms with Crippen LogP contribution in [0.2, 0.25) is 5.02 Å². The summed E-state index contributed by atoms with van der Waals surface area (Å²) in [6, 6.07) is 9.09. The standard InChI is InChI=1S/C29H37ClN4O11S2/c1-44-26-15-23(32-28(38)8-11-34-9-6-19(7-10-34)45-47(42,43)13-12-46(39,40)41)22(30)14-18(26)16-31-17-25(36)20-2-4-24(35)29-21(20)3-5-27(37)33-29/h2-5,14-15,19,25,31,35-36H,6-13,16-17H2,1H3,(H,32,38)(H,33,37)(H,39,40,41)/t25-/m0/s1. The Bertz CT molecular complexity index is 1860. The van der Waals surface area contributed by atoms with Crippen molar-refractivity contribution in [3.63, 3.8) is 0 Å². The SMILES string of the molecule is COc1cc(NC(=O)CCN2CCC(OS(=O)(=O)CCS(=O)(=O)O)CC2)c(Cl)cc1CNC[C@H](O)c1ccc(O)c2[nH]c(=O)ccc12. The second-order valence-corrected chi connectivity index (χ2v) is 14.8. The van der Waals surface area contributed by atoms with Gasteiger partial charge in [-0.15, -0.1) is 0 Å². The molecule has 4 rings (SSSR count). The van der Waals surface area contributed by atoms with E-state index in [0.717, 1.165) is 0 Å². The molecule has 0 saturated carbocycles. The molecule has 1 aliphatic heterocycles. The number of carbonyl (C=O) groups is 1. The number of aliphatic hydroxyl groups is 1. The highest BCUT2D eigenvalue weighted by Gasteiger charge is 2.26. The second kappa shape index (κ2) is 15.7. The van der Waals surface area contributed by atoms with Gasteiger partial charge in [0, 0.05) is 62.2 Å². The second-order valence-electron chi connectivity index (χ2n) is 11.1. The van der Waals surface area contributed by atoms with E-state index in [0.29, 0.717) is 60.4 Å². The zero-order valence-corrected chi connectivity index (χ0v) is 27.8. The fourth-order valence-electron chi connectivity index (χ4n) is 5.19. The van der Waals surface area contributed by atoms with Crippen molar-refractivity contribution in [1.29, 1.82) is 0 Å². The van der Waals surface area contributed by atoms with Crippen LogP contribution >= 0.6 is 11.6 Å². The third kappa shape index (κ3) is 10.6. The zero-order chi connectivity index (χ0) is 34.4. The molecule has 1 amide bonds. The number of methoxy groups -OCH3 is 1. The maximum atomic E-state index is 12.7. The number of ether oxygens (including phenoxy) is 1. The van der Waals surface area contributed by atoms with Crippen LogP contribution < -0.4 is 20.9 Å². The lowest BCUT2D eigenvalue weighted by atomic mass is 10.0. The molecule has 1 saturated heterocycles. The molecule has 1 aromatic heterocycles. The number of H-pyrrole nitrogens is 1. The van der Waals surface area contributed by atoms with Crippen LogP contribution in [0.4, 0.5) is 5.69 Å². The number of anilines is 1. The van der Waals surface area contributed by atoms with Crippen LogP contribution in [-0.4, -0.2) is 98.3 Å². The minimum atomic E-state index is -4.42. The molecule has 1 fully saturated rings. The number of aromatic amines is 1. The van der Waals surface area contributed by atoms with Crippen LogP contribution in [0.25, 0.3) is 10.9 Å². The number of hydrogen-bond donors (Lipinski definition) is 6. The van der Waals surface area contributed by atoms with Crippen LogP contribution in [0, 0.1) is 0 Å². The van der Waals surface area contributed by atoms with Crippen molar-refractivity contribution < 1.29 is 45.3 Å². The van der Waals surface area contributed by atoms with Gasteiger partial charge in [0.2, 0.25) is 11.5 Å². The number of pyridine rings is 1. The van der Waals surface area contributed by atoms with Crippen LogP contribution in [0.15, 0.2) is 41.2 Å². The predicted octanol–water partition coefficient (Wildman–Crippen LogP) is 1.75. The predicted molar refractivity (Wildman–Crippen MR) is 175 cm³/mol. The van der Waals surface area contributed by atoms with Gasteiger partial charge in [-0.3, -0.25) is 18.3 Å². The number of likely N-dealkylation sites (tertiary alicyclic amines) is 1. The molecule has 1 atom stereocenters. The Labute approximate surface area is 276 Å². The van der Waals surface area contributed by atoms with Gasteiger partial charge < -0.3 is 35.5 Å². The summed E-state index contributed by atoms with van der Waals surface area (Å²) >= 11 is 6.48. The molecule has 1 aliphatic rings. The number of phenolic OH excluding ortho intramolecular Hbond substituents is 1. The third-order valence-corrected chi connectivity index (χ3v) is 10.2. The lowest BCUT2D eigenvalue weighted by molar-refractivity contribution is -0.116. The maximum Gasteiger partial charge on any atom is 0.268 e. The summed E-state index contributed by atoms with van der Waals surface area (Å²) in [6.45, 7) is 1.74. The van der Waals surface area contributed by atoms with Gasteiger partial charge in [-0.1, -0.05) is 17.7 Å². The lowest BCUT2D eigenvalue weighted by Gasteiger charge is -2.31. The smallest absolute Gasteiger partial charge is 0.268 e. The highest BCUT2D eigenvalue weighted by atomic mass is 35.5. The number of halogens is 1. The van der Waals surface area contributed by atoms with E-state index in [9.17, 15) is 36.6 Å². The van der Waals surface area contributed by atoms with E-state index in [2.05, 4.69) is 15.6 Å². The van der Waals surface area contributed by atoms with Crippen LogP contribution in [0.5, 0.6) is 11.5 Å². The van der Waals surface area contributed by atoms with E-state index < -0.39 is 43.9 Å². The fourth-order valence-corrected chi connectivity index (χ4v) is 7.78. The highest BCUT2D eigenvalue weighted by molar-refractivity contribution is 7.90. The molecule has 15 nitrogen and oxygen atoms in total. The number of amides is 1. The van der Waals surface area contributed by atoms with Gasteiger partial charge in [-0.25, -0.2) is 0 Å². The molecule has 18 heteroatoms.